The van der Waals surface area contributed by atoms with Crippen molar-refractivity contribution < 1.29 is 9.84 Å². The lowest BCUT2D eigenvalue weighted by Gasteiger charge is -2.26. The standard InChI is InChI=1S/C8H18O2/c1-5-10-6-8(4,9)7(2)3/h7,9H,5-6H2,1-4H3. The monoisotopic (exact) mass is 146 g/mol. The molecule has 0 radical (unpaired) electrons. The third kappa shape index (κ3) is 3.18. The van der Waals surface area contributed by atoms with Crippen molar-refractivity contribution in [3.05, 3.63) is 0 Å². The zero-order valence-corrected chi connectivity index (χ0v) is 7.35. The third-order valence-electron chi connectivity index (χ3n) is 1.84. The van der Waals surface area contributed by atoms with Crippen molar-refractivity contribution in [3.8, 4) is 0 Å². The minimum Gasteiger partial charge on any atom is -0.388 e. The maximum Gasteiger partial charge on any atom is 0.0874 e. The Morgan fingerprint density at radius 1 is 1.50 bits per heavy atom. The molecule has 0 bridgehead atoms. The Kier molecular flexibility index (Phi) is 3.91. The van der Waals surface area contributed by atoms with Gasteiger partial charge in [0.1, 0.15) is 0 Å². The van der Waals surface area contributed by atoms with E-state index >= 15 is 0 Å². The predicted molar refractivity (Wildman–Crippen MR) is 42.0 cm³/mol. The number of hydrogen-bond acceptors (Lipinski definition) is 2. The Morgan fingerprint density at radius 3 is 2.30 bits per heavy atom. The van der Waals surface area contributed by atoms with Gasteiger partial charge in [-0.1, -0.05) is 13.8 Å². The lowest BCUT2D eigenvalue weighted by molar-refractivity contribution is -0.0603. The Labute approximate surface area is 63.2 Å². The van der Waals surface area contributed by atoms with E-state index in [4.69, 9.17) is 4.74 Å². The van der Waals surface area contributed by atoms with Gasteiger partial charge >= 0.3 is 0 Å². The summed E-state index contributed by atoms with van der Waals surface area (Å²) < 4.78 is 5.11. The van der Waals surface area contributed by atoms with E-state index in [1.165, 1.54) is 0 Å². The van der Waals surface area contributed by atoms with Crippen molar-refractivity contribution in [1.29, 1.82) is 0 Å². The molecule has 0 aliphatic heterocycles. The molecular weight excluding hydrogens is 128 g/mol. The zero-order valence-electron chi connectivity index (χ0n) is 7.35. The van der Waals surface area contributed by atoms with Crippen LogP contribution in [0.1, 0.15) is 27.7 Å². The summed E-state index contributed by atoms with van der Waals surface area (Å²) in [6, 6.07) is 0. The molecule has 0 aromatic rings. The zero-order chi connectivity index (χ0) is 8.20. The van der Waals surface area contributed by atoms with E-state index < -0.39 is 5.60 Å². The lowest BCUT2D eigenvalue weighted by Crippen LogP contribution is -2.36. The average Bonchev–Trinajstić information content (AvgIpc) is 1.84. The highest BCUT2D eigenvalue weighted by atomic mass is 16.5. The lowest BCUT2D eigenvalue weighted by atomic mass is 9.94. The molecule has 0 aliphatic carbocycles. The largest absolute Gasteiger partial charge is 0.388 e. The molecule has 2 nitrogen and oxygen atoms in total. The van der Waals surface area contributed by atoms with Gasteiger partial charge in [-0.3, -0.25) is 0 Å². The van der Waals surface area contributed by atoms with Crippen molar-refractivity contribution in [2.45, 2.75) is 33.3 Å². The molecular formula is C8H18O2. The first-order chi connectivity index (χ1) is 4.50. The minimum atomic E-state index is -0.671. The van der Waals surface area contributed by atoms with E-state index in [0.29, 0.717) is 13.2 Å². The van der Waals surface area contributed by atoms with Crippen molar-refractivity contribution in [2.24, 2.45) is 5.92 Å². The molecule has 0 saturated heterocycles. The molecule has 1 unspecified atom stereocenters. The number of hydrogen-bond donors (Lipinski definition) is 1. The van der Waals surface area contributed by atoms with Gasteiger partial charge in [-0.15, -0.1) is 0 Å². The molecule has 0 fully saturated rings. The van der Waals surface area contributed by atoms with Gasteiger partial charge in [-0.2, -0.15) is 0 Å². The van der Waals surface area contributed by atoms with E-state index in [2.05, 4.69) is 0 Å². The second kappa shape index (κ2) is 3.94. The molecule has 2 heteroatoms. The fraction of sp³-hybridized carbons (Fsp3) is 1.00. The van der Waals surface area contributed by atoms with Gasteiger partial charge < -0.3 is 9.84 Å². The predicted octanol–water partition coefficient (Wildman–Crippen LogP) is 1.43. The van der Waals surface area contributed by atoms with E-state index in [9.17, 15) is 5.11 Å². The highest BCUT2D eigenvalue weighted by molar-refractivity contribution is 4.75. The normalized spacial score (nSPS) is 17.4. The number of rotatable bonds is 4. The fourth-order valence-corrected chi connectivity index (χ4v) is 0.475. The van der Waals surface area contributed by atoms with Gasteiger partial charge in [0.05, 0.1) is 12.2 Å². The Bertz CT molecular complexity index is 87.3. The molecule has 0 amide bonds. The highest BCUT2D eigenvalue weighted by Crippen LogP contribution is 2.15. The van der Waals surface area contributed by atoms with Crippen LogP contribution in [-0.2, 0) is 4.74 Å². The van der Waals surface area contributed by atoms with Crippen LogP contribution in [0.5, 0.6) is 0 Å². The molecule has 0 rings (SSSR count). The summed E-state index contributed by atoms with van der Waals surface area (Å²) in [5.74, 6) is 0.249. The number of aliphatic hydroxyl groups is 1. The highest BCUT2D eigenvalue weighted by Gasteiger charge is 2.24. The van der Waals surface area contributed by atoms with E-state index in [-0.39, 0.29) is 5.92 Å². The summed E-state index contributed by atoms with van der Waals surface area (Å²) in [7, 11) is 0. The summed E-state index contributed by atoms with van der Waals surface area (Å²) in [5.41, 5.74) is -0.671. The molecule has 0 spiro atoms. The van der Waals surface area contributed by atoms with Gasteiger partial charge in [0.25, 0.3) is 0 Å². The summed E-state index contributed by atoms with van der Waals surface area (Å²) in [6.45, 7) is 8.80. The molecule has 10 heavy (non-hydrogen) atoms. The molecule has 1 atom stereocenters. The van der Waals surface area contributed by atoms with Crippen LogP contribution < -0.4 is 0 Å². The van der Waals surface area contributed by atoms with Gasteiger partial charge in [-0.05, 0) is 19.8 Å². The second-order valence-corrected chi connectivity index (χ2v) is 3.15. The van der Waals surface area contributed by atoms with Crippen LogP contribution >= 0.6 is 0 Å². The van der Waals surface area contributed by atoms with Crippen LogP contribution in [0, 0.1) is 5.92 Å². The molecule has 0 aromatic carbocycles. The smallest absolute Gasteiger partial charge is 0.0874 e. The summed E-state index contributed by atoms with van der Waals surface area (Å²) in [6.07, 6.45) is 0. The van der Waals surface area contributed by atoms with Crippen LogP contribution in [0.25, 0.3) is 0 Å². The Balaban J connectivity index is 3.63. The van der Waals surface area contributed by atoms with Crippen molar-refractivity contribution in [3.63, 3.8) is 0 Å². The first-order valence-corrected chi connectivity index (χ1v) is 3.80. The van der Waals surface area contributed by atoms with Gasteiger partial charge in [0.15, 0.2) is 0 Å². The van der Waals surface area contributed by atoms with Crippen molar-refractivity contribution in [1.82, 2.24) is 0 Å². The van der Waals surface area contributed by atoms with Gasteiger partial charge in [-0.25, -0.2) is 0 Å². The van der Waals surface area contributed by atoms with Crippen LogP contribution in [0.2, 0.25) is 0 Å². The SMILES string of the molecule is CCOCC(C)(O)C(C)C. The Morgan fingerprint density at radius 2 is 2.00 bits per heavy atom. The van der Waals surface area contributed by atoms with Crippen LogP contribution in [-0.4, -0.2) is 23.9 Å². The topological polar surface area (TPSA) is 29.5 Å². The van der Waals surface area contributed by atoms with Crippen molar-refractivity contribution in [2.75, 3.05) is 13.2 Å². The molecule has 0 heterocycles. The third-order valence-corrected chi connectivity index (χ3v) is 1.84. The molecule has 0 saturated carbocycles. The molecule has 0 aromatic heterocycles. The van der Waals surface area contributed by atoms with Crippen LogP contribution in [0.3, 0.4) is 0 Å². The molecule has 62 valence electrons. The van der Waals surface area contributed by atoms with Gasteiger partial charge in [0.2, 0.25) is 0 Å². The maximum atomic E-state index is 9.60. The summed E-state index contributed by atoms with van der Waals surface area (Å²) >= 11 is 0. The quantitative estimate of drug-likeness (QED) is 0.650. The average molecular weight is 146 g/mol. The van der Waals surface area contributed by atoms with E-state index in [1.54, 1.807) is 6.92 Å². The van der Waals surface area contributed by atoms with Crippen molar-refractivity contribution >= 4 is 0 Å². The van der Waals surface area contributed by atoms with Crippen LogP contribution in [0.4, 0.5) is 0 Å². The Hall–Kier alpha value is -0.0800. The van der Waals surface area contributed by atoms with Gasteiger partial charge in [0, 0.05) is 6.61 Å². The molecule has 1 N–H and O–H groups in total. The number of ether oxygens (including phenoxy) is 1. The first-order valence-electron chi connectivity index (χ1n) is 3.80. The first kappa shape index (κ1) is 9.92. The molecule has 0 aliphatic rings. The summed E-state index contributed by atoms with van der Waals surface area (Å²) in [5, 5.41) is 9.60. The van der Waals surface area contributed by atoms with Crippen LogP contribution in [0.15, 0.2) is 0 Å². The summed E-state index contributed by atoms with van der Waals surface area (Å²) in [4.78, 5) is 0. The second-order valence-electron chi connectivity index (χ2n) is 3.15. The minimum absolute atomic E-state index is 0.249. The fourth-order valence-electron chi connectivity index (χ4n) is 0.475. The van der Waals surface area contributed by atoms with E-state index in [0.717, 1.165) is 0 Å². The van der Waals surface area contributed by atoms with E-state index in [1.807, 2.05) is 20.8 Å². The maximum absolute atomic E-state index is 9.60.